The normalized spacial score (nSPS) is 15.6. The molecule has 4 rings (SSSR count). The molecule has 1 heterocycles. The lowest BCUT2D eigenvalue weighted by Gasteiger charge is -2.22. The highest BCUT2D eigenvalue weighted by atomic mass is 19.4. The highest BCUT2D eigenvalue weighted by molar-refractivity contribution is 6.43. The molecular weight excluding hydrogens is 383 g/mol. The molecule has 0 saturated heterocycles. The first-order valence-corrected chi connectivity index (χ1v) is 8.71. The molecule has 8 heteroatoms. The molecule has 0 aromatic heterocycles. The van der Waals surface area contributed by atoms with Gasteiger partial charge in [-0.2, -0.15) is 13.2 Å². The Kier molecular flexibility index (Phi) is 4.29. The van der Waals surface area contributed by atoms with Gasteiger partial charge in [0.25, 0.3) is 0 Å². The lowest BCUT2D eigenvalue weighted by Crippen LogP contribution is -2.22. The molecule has 0 amide bonds. The fraction of sp³-hybridized carbons (Fsp3) is 0.190. The molecule has 2 aromatic rings. The third-order valence-electron chi connectivity index (χ3n) is 4.74. The number of methoxy groups -OCH3 is 1. The highest BCUT2D eigenvalue weighted by Crippen LogP contribution is 2.42. The standard InChI is InChI=1S/C21H16F3N3O2/c1-27(2)20-25-17-12-6-4-5-7-13(12)19(28)16(18(17)26-20)14-9-8-11(29-3)10-15(14)21(22,23)24/h4-10H,1-3H3. The molecule has 0 N–H and O–H groups in total. The monoisotopic (exact) mass is 399 g/mol. The average molecular weight is 399 g/mol. The van der Waals surface area contributed by atoms with Crippen LogP contribution in [0.3, 0.4) is 0 Å². The van der Waals surface area contributed by atoms with Crippen LogP contribution in [0.4, 0.5) is 13.2 Å². The number of rotatable bonds is 2. The minimum absolute atomic E-state index is 0.0492. The maximum atomic E-state index is 13.8. The molecule has 5 nitrogen and oxygen atoms in total. The predicted molar refractivity (Wildman–Crippen MR) is 103 cm³/mol. The Morgan fingerprint density at radius 1 is 0.966 bits per heavy atom. The fourth-order valence-electron chi connectivity index (χ4n) is 3.38. The Morgan fingerprint density at radius 3 is 2.28 bits per heavy atom. The van der Waals surface area contributed by atoms with Gasteiger partial charge in [-0.3, -0.25) is 4.79 Å². The number of carbonyl (C=O) groups excluding carboxylic acids is 1. The molecule has 0 saturated carbocycles. The molecule has 148 valence electrons. The second-order valence-corrected chi connectivity index (χ2v) is 6.77. The molecule has 1 aliphatic heterocycles. The van der Waals surface area contributed by atoms with Crippen LogP contribution in [0.1, 0.15) is 27.0 Å². The van der Waals surface area contributed by atoms with E-state index in [4.69, 9.17) is 4.74 Å². The van der Waals surface area contributed by atoms with Crippen molar-refractivity contribution in [1.29, 1.82) is 0 Å². The van der Waals surface area contributed by atoms with Gasteiger partial charge in [-0.05, 0) is 18.2 Å². The molecule has 0 spiro atoms. The Bertz CT molecular complexity index is 1130. The van der Waals surface area contributed by atoms with Gasteiger partial charge in [0.2, 0.25) is 5.96 Å². The zero-order chi connectivity index (χ0) is 20.9. The first kappa shape index (κ1) is 18.9. The van der Waals surface area contributed by atoms with E-state index in [0.29, 0.717) is 22.8 Å². The number of Topliss-reactive ketones (excluding diaryl/α,β-unsaturated/α-hetero) is 1. The topological polar surface area (TPSA) is 54.3 Å². The van der Waals surface area contributed by atoms with E-state index in [1.165, 1.54) is 19.2 Å². The summed E-state index contributed by atoms with van der Waals surface area (Å²) in [6.07, 6.45) is -4.68. The fourth-order valence-corrected chi connectivity index (χ4v) is 3.38. The van der Waals surface area contributed by atoms with Gasteiger partial charge in [-0.25, -0.2) is 9.98 Å². The first-order valence-electron chi connectivity index (χ1n) is 8.71. The van der Waals surface area contributed by atoms with E-state index in [1.807, 2.05) is 0 Å². The van der Waals surface area contributed by atoms with Gasteiger partial charge in [-0.1, -0.05) is 24.3 Å². The first-order chi connectivity index (χ1) is 13.7. The third kappa shape index (κ3) is 3.00. The Labute approximate surface area is 164 Å². The number of alkyl halides is 3. The van der Waals surface area contributed by atoms with E-state index >= 15 is 0 Å². The van der Waals surface area contributed by atoms with E-state index in [-0.39, 0.29) is 22.6 Å². The molecule has 0 fully saturated rings. The summed E-state index contributed by atoms with van der Waals surface area (Å²) in [6.45, 7) is 0. The molecule has 0 unspecified atom stereocenters. The third-order valence-corrected chi connectivity index (χ3v) is 4.74. The van der Waals surface area contributed by atoms with Crippen molar-refractivity contribution in [3.63, 3.8) is 0 Å². The lowest BCUT2D eigenvalue weighted by molar-refractivity contribution is -0.137. The number of nitrogens with zero attached hydrogens (tertiary/aromatic N) is 3. The van der Waals surface area contributed by atoms with Gasteiger partial charge in [-0.15, -0.1) is 0 Å². The van der Waals surface area contributed by atoms with Crippen LogP contribution in [-0.4, -0.2) is 43.6 Å². The summed E-state index contributed by atoms with van der Waals surface area (Å²) in [5.41, 5.74) is 0.0671. The van der Waals surface area contributed by atoms with Gasteiger partial charge >= 0.3 is 6.18 Å². The quantitative estimate of drug-likeness (QED) is 0.766. The number of hydrogen-bond donors (Lipinski definition) is 0. The lowest BCUT2D eigenvalue weighted by atomic mass is 9.82. The van der Waals surface area contributed by atoms with Crippen LogP contribution in [0.15, 0.2) is 58.1 Å². The number of aliphatic imine (C=N–C) groups is 2. The molecular formula is C21H16F3N3O2. The Balaban J connectivity index is 2.05. The second kappa shape index (κ2) is 6.58. The molecule has 0 bridgehead atoms. The number of halogens is 3. The zero-order valence-corrected chi connectivity index (χ0v) is 15.8. The molecule has 0 atom stereocenters. The van der Waals surface area contributed by atoms with Crippen molar-refractivity contribution in [2.45, 2.75) is 6.18 Å². The van der Waals surface area contributed by atoms with Crippen molar-refractivity contribution in [3.05, 3.63) is 70.4 Å². The van der Waals surface area contributed by atoms with Crippen molar-refractivity contribution in [1.82, 2.24) is 4.90 Å². The average Bonchev–Trinajstić information content (AvgIpc) is 3.13. The number of ether oxygens (including phenoxy) is 1. The van der Waals surface area contributed by atoms with Gasteiger partial charge in [0, 0.05) is 30.8 Å². The van der Waals surface area contributed by atoms with Gasteiger partial charge in [0.15, 0.2) is 5.78 Å². The summed E-state index contributed by atoms with van der Waals surface area (Å²) in [5, 5.41) is 0. The number of allylic oxidation sites excluding steroid dienone is 2. The van der Waals surface area contributed by atoms with Gasteiger partial charge in [0.1, 0.15) is 17.2 Å². The molecule has 1 aliphatic carbocycles. The van der Waals surface area contributed by atoms with Crippen LogP contribution in [0, 0.1) is 0 Å². The SMILES string of the molecule is COc1ccc(C2=C3N=C(N(C)C)N=C3c3ccccc3C2=O)c(C(F)(F)F)c1. The minimum Gasteiger partial charge on any atom is -0.497 e. The molecule has 0 radical (unpaired) electrons. The number of benzene rings is 2. The maximum absolute atomic E-state index is 13.8. The predicted octanol–water partition coefficient (Wildman–Crippen LogP) is 4.04. The summed E-state index contributed by atoms with van der Waals surface area (Å²) >= 11 is 0. The maximum Gasteiger partial charge on any atom is 0.417 e. The number of hydrogen-bond acceptors (Lipinski definition) is 5. The Hall–Kier alpha value is -3.42. The van der Waals surface area contributed by atoms with E-state index < -0.39 is 17.5 Å². The van der Waals surface area contributed by atoms with Gasteiger partial charge < -0.3 is 9.64 Å². The molecule has 29 heavy (non-hydrogen) atoms. The summed E-state index contributed by atoms with van der Waals surface area (Å²) in [6, 6.07) is 10.3. The summed E-state index contributed by atoms with van der Waals surface area (Å²) in [7, 11) is 4.74. The van der Waals surface area contributed by atoms with E-state index in [1.54, 1.807) is 43.3 Å². The van der Waals surface area contributed by atoms with Crippen LogP contribution in [0.25, 0.3) is 5.57 Å². The van der Waals surface area contributed by atoms with E-state index in [9.17, 15) is 18.0 Å². The highest BCUT2D eigenvalue weighted by Gasteiger charge is 2.40. The van der Waals surface area contributed by atoms with Crippen LogP contribution in [0.5, 0.6) is 5.75 Å². The largest absolute Gasteiger partial charge is 0.497 e. The smallest absolute Gasteiger partial charge is 0.417 e. The van der Waals surface area contributed by atoms with Crippen LogP contribution >= 0.6 is 0 Å². The van der Waals surface area contributed by atoms with Crippen molar-refractivity contribution < 1.29 is 22.7 Å². The van der Waals surface area contributed by atoms with Crippen LogP contribution in [-0.2, 0) is 6.18 Å². The van der Waals surface area contributed by atoms with Crippen molar-refractivity contribution in [3.8, 4) is 5.75 Å². The van der Waals surface area contributed by atoms with Crippen molar-refractivity contribution in [2.75, 3.05) is 21.2 Å². The van der Waals surface area contributed by atoms with Crippen LogP contribution < -0.4 is 4.74 Å². The molecule has 2 aromatic carbocycles. The Morgan fingerprint density at radius 2 is 1.66 bits per heavy atom. The summed E-state index contributed by atoms with van der Waals surface area (Å²) in [5.74, 6) is -0.152. The summed E-state index contributed by atoms with van der Waals surface area (Å²) in [4.78, 5) is 23.8. The van der Waals surface area contributed by atoms with Crippen LogP contribution in [0.2, 0.25) is 0 Å². The van der Waals surface area contributed by atoms with Crippen molar-refractivity contribution >= 4 is 23.0 Å². The molecule has 2 aliphatic rings. The van der Waals surface area contributed by atoms with Gasteiger partial charge in [0.05, 0.1) is 18.2 Å². The van der Waals surface area contributed by atoms with E-state index in [2.05, 4.69) is 9.98 Å². The number of carbonyl (C=O) groups is 1. The van der Waals surface area contributed by atoms with Crippen molar-refractivity contribution in [2.24, 2.45) is 9.98 Å². The zero-order valence-electron chi connectivity index (χ0n) is 15.8. The van der Waals surface area contributed by atoms with E-state index in [0.717, 1.165) is 6.07 Å². The summed E-state index contributed by atoms with van der Waals surface area (Å²) < 4.78 is 46.4. The number of ketones is 1. The number of fused-ring (bicyclic) bond motifs is 3. The second-order valence-electron chi connectivity index (χ2n) is 6.77. The number of guanidine groups is 1. The minimum atomic E-state index is -4.68.